The van der Waals surface area contributed by atoms with Crippen molar-refractivity contribution in [1.29, 1.82) is 0 Å². The maximum Gasteiger partial charge on any atom is 0.148 e. The van der Waals surface area contributed by atoms with Crippen molar-refractivity contribution in [1.82, 2.24) is 14.5 Å². The highest BCUT2D eigenvalue weighted by Gasteiger charge is 2.33. The Morgan fingerprint density at radius 1 is 1.35 bits per heavy atom. The summed E-state index contributed by atoms with van der Waals surface area (Å²) < 4.78 is 8.31. The maximum absolute atomic E-state index is 6.23. The van der Waals surface area contributed by atoms with Gasteiger partial charge in [-0.1, -0.05) is 25.7 Å². The predicted molar refractivity (Wildman–Crippen MR) is 104 cm³/mol. The lowest BCUT2D eigenvalue weighted by atomic mass is 10.0. The molecule has 0 saturated carbocycles. The van der Waals surface area contributed by atoms with Gasteiger partial charge in [0.25, 0.3) is 0 Å². The fourth-order valence-corrected chi connectivity index (χ4v) is 3.56. The second-order valence-electron chi connectivity index (χ2n) is 6.87. The van der Waals surface area contributed by atoms with E-state index in [2.05, 4.69) is 46.1 Å². The number of rotatable bonds is 5. The van der Waals surface area contributed by atoms with Crippen molar-refractivity contribution < 1.29 is 4.74 Å². The van der Waals surface area contributed by atoms with Gasteiger partial charge in [0.15, 0.2) is 0 Å². The fourth-order valence-electron chi connectivity index (χ4n) is 3.56. The Hall–Kier alpha value is -2.50. The van der Waals surface area contributed by atoms with Gasteiger partial charge in [0.2, 0.25) is 0 Å². The van der Waals surface area contributed by atoms with E-state index in [-0.39, 0.29) is 12.3 Å². The number of hydrogen-bond acceptors (Lipinski definition) is 4. The van der Waals surface area contributed by atoms with E-state index in [1.54, 1.807) is 0 Å². The molecule has 136 valence electrons. The molecular weight excluding hydrogens is 324 g/mol. The molecule has 2 N–H and O–H groups in total. The van der Waals surface area contributed by atoms with Crippen LogP contribution in [-0.4, -0.2) is 20.6 Å². The molecule has 3 heterocycles. The highest BCUT2D eigenvalue weighted by atomic mass is 16.5. The molecular formula is C21H26N4O. The van der Waals surface area contributed by atoms with E-state index in [0.717, 1.165) is 55.1 Å². The fraction of sp³-hybridized carbons (Fsp3) is 0.524. The predicted octanol–water partition coefficient (Wildman–Crippen LogP) is 3.89. The third kappa shape index (κ3) is 3.69. The van der Waals surface area contributed by atoms with Gasteiger partial charge in [-0.25, -0.2) is 9.97 Å². The smallest absolute Gasteiger partial charge is 0.148 e. The highest BCUT2D eigenvalue weighted by molar-refractivity contribution is 5.92. The lowest BCUT2D eigenvalue weighted by molar-refractivity contribution is -0.00277. The first-order valence-corrected chi connectivity index (χ1v) is 9.34. The van der Waals surface area contributed by atoms with E-state index in [1.807, 2.05) is 6.20 Å². The van der Waals surface area contributed by atoms with E-state index in [9.17, 15) is 0 Å². The minimum atomic E-state index is -0.0297. The molecule has 0 spiro atoms. The molecule has 0 radical (unpaired) electrons. The Kier molecular flexibility index (Phi) is 5.81. The number of nitrogen functional groups attached to an aromatic ring is 1. The molecule has 0 aliphatic carbocycles. The molecule has 2 aromatic rings. The number of ether oxygens (including phenoxy) is 1. The zero-order chi connectivity index (χ0) is 18.5. The summed E-state index contributed by atoms with van der Waals surface area (Å²) in [5.74, 6) is 10.1. The Balaban J connectivity index is 1.88. The van der Waals surface area contributed by atoms with Gasteiger partial charge in [-0.2, -0.15) is 0 Å². The van der Waals surface area contributed by atoms with Gasteiger partial charge in [0, 0.05) is 19.0 Å². The van der Waals surface area contributed by atoms with E-state index in [1.165, 1.54) is 6.33 Å². The van der Waals surface area contributed by atoms with Gasteiger partial charge < -0.3 is 15.0 Å². The van der Waals surface area contributed by atoms with Crippen molar-refractivity contribution in [3.8, 4) is 24.2 Å². The average molecular weight is 350 g/mol. The normalized spacial score (nSPS) is 22.1. The zero-order valence-electron chi connectivity index (χ0n) is 15.5. The molecule has 0 aromatic carbocycles. The van der Waals surface area contributed by atoms with Crippen LogP contribution in [0.3, 0.4) is 0 Å². The van der Waals surface area contributed by atoms with Crippen molar-refractivity contribution in [2.45, 2.75) is 64.7 Å². The van der Waals surface area contributed by atoms with Crippen molar-refractivity contribution in [3.05, 3.63) is 18.1 Å². The van der Waals surface area contributed by atoms with Crippen LogP contribution in [0.15, 0.2) is 12.5 Å². The van der Waals surface area contributed by atoms with Gasteiger partial charge >= 0.3 is 0 Å². The zero-order valence-corrected chi connectivity index (χ0v) is 15.5. The second kappa shape index (κ2) is 8.25. The summed E-state index contributed by atoms with van der Waals surface area (Å²) in [6.07, 6.45) is 14.6. The Morgan fingerprint density at radius 2 is 2.15 bits per heavy atom. The van der Waals surface area contributed by atoms with E-state index in [4.69, 9.17) is 16.9 Å². The standard InChI is InChI=1S/C21H26N4O/c1-4-6-7-8-9-10-11-16-13-25(18-12-15(3)17(5-2)26-18)21-19(16)20(22)23-14-24-21/h1,13-15,17-18H,5-9,12H2,2-3H3,(H2,22,23,24)/t15?,17-,18-/m1/s1. The minimum absolute atomic E-state index is 0.0297. The van der Waals surface area contributed by atoms with Crippen LogP contribution >= 0.6 is 0 Å². The van der Waals surface area contributed by atoms with Gasteiger partial charge in [-0.3, -0.25) is 0 Å². The summed E-state index contributed by atoms with van der Waals surface area (Å²) in [6.45, 7) is 4.40. The summed E-state index contributed by atoms with van der Waals surface area (Å²) in [5.41, 5.74) is 7.79. The molecule has 5 nitrogen and oxygen atoms in total. The number of nitrogens with two attached hydrogens (primary N) is 1. The number of fused-ring (bicyclic) bond motifs is 1. The van der Waals surface area contributed by atoms with Crippen LogP contribution in [0, 0.1) is 30.1 Å². The topological polar surface area (TPSA) is 66.0 Å². The minimum Gasteiger partial charge on any atom is -0.383 e. The van der Waals surface area contributed by atoms with Crippen molar-refractivity contribution in [2.24, 2.45) is 5.92 Å². The third-order valence-corrected chi connectivity index (χ3v) is 4.99. The molecule has 26 heavy (non-hydrogen) atoms. The average Bonchev–Trinajstić information content (AvgIpc) is 3.19. The SMILES string of the molecule is C#CCCCCC#Cc1cn([C@H]2CC(C)[C@@H](CC)O2)c2ncnc(N)c12. The van der Waals surface area contributed by atoms with Gasteiger partial charge in [0.05, 0.1) is 17.1 Å². The van der Waals surface area contributed by atoms with E-state index < -0.39 is 0 Å². The van der Waals surface area contributed by atoms with Gasteiger partial charge in [0.1, 0.15) is 24.0 Å². The van der Waals surface area contributed by atoms with Crippen LogP contribution in [0.4, 0.5) is 5.82 Å². The Bertz CT molecular complexity index is 868. The molecule has 2 aromatic heterocycles. The number of terminal acetylenes is 1. The van der Waals surface area contributed by atoms with Crippen LogP contribution in [0.1, 0.15) is 64.2 Å². The third-order valence-electron chi connectivity index (χ3n) is 4.99. The quantitative estimate of drug-likeness (QED) is 0.656. The first-order valence-electron chi connectivity index (χ1n) is 9.34. The summed E-state index contributed by atoms with van der Waals surface area (Å²) in [4.78, 5) is 8.60. The molecule has 1 aliphatic rings. The van der Waals surface area contributed by atoms with E-state index >= 15 is 0 Å². The molecule has 3 atom stereocenters. The van der Waals surface area contributed by atoms with Crippen LogP contribution < -0.4 is 5.73 Å². The maximum atomic E-state index is 6.23. The number of aromatic nitrogens is 3. The molecule has 1 unspecified atom stereocenters. The summed E-state index contributed by atoms with van der Waals surface area (Å²) in [5, 5.41) is 0.819. The Morgan fingerprint density at radius 3 is 2.88 bits per heavy atom. The van der Waals surface area contributed by atoms with Crippen LogP contribution in [0.25, 0.3) is 11.0 Å². The number of anilines is 1. The van der Waals surface area contributed by atoms with Gasteiger partial charge in [-0.05, 0) is 31.6 Å². The highest BCUT2D eigenvalue weighted by Crippen LogP contribution is 2.37. The molecule has 3 rings (SSSR count). The molecule has 0 amide bonds. The lowest BCUT2D eigenvalue weighted by Gasteiger charge is -2.15. The van der Waals surface area contributed by atoms with Crippen molar-refractivity contribution >= 4 is 16.9 Å². The molecule has 1 aliphatic heterocycles. The first kappa shape index (κ1) is 18.3. The number of nitrogens with zero attached hydrogens (tertiary/aromatic N) is 3. The first-order chi connectivity index (χ1) is 12.7. The largest absolute Gasteiger partial charge is 0.383 e. The number of hydrogen-bond donors (Lipinski definition) is 1. The molecule has 1 saturated heterocycles. The monoisotopic (exact) mass is 350 g/mol. The van der Waals surface area contributed by atoms with E-state index in [0.29, 0.717) is 11.7 Å². The Labute approximate surface area is 155 Å². The molecule has 0 bridgehead atoms. The van der Waals surface area contributed by atoms with Crippen molar-refractivity contribution in [2.75, 3.05) is 5.73 Å². The van der Waals surface area contributed by atoms with Crippen LogP contribution in [-0.2, 0) is 4.74 Å². The molecule has 5 heteroatoms. The summed E-state index contributed by atoms with van der Waals surface area (Å²) >= 11 is 0. The molecule has 1 fully saturated rings. The summed E-state index contributed by atoms with van der Waals surface area (Å²) in [7, 11) is 0. The van der Waals surface area contributed by atoms with Crippen LogP contribution in [0.5, 0.6) is 0 Å². The van der Waals surface area contributed by atoms with Crippen molar-refractivity contribution in [3.63, 3.8) is 0 Å². The van der Waals surface area contributed by atoms with Gasteiger partial charge in [-0.15, -0.1) is 12.3 Å². The van der Waals surface area contributed by atoms with Crippen LogP contribution in [0.2, 0.25) is 0 Å². The summed E-state index contributed by atoms with van der Waals surface area (Å²) in [6, 6.07) is 0. The number of unbranched alkanes of at least 4 members (excludes halogenated alkanes) is 3. The second-order valence-corrected chi connectivity index (χ2v) is 6.87. The lowest BCUT2D eigenvalue weighted by Crippen LogP contribution is -2.12.